The molecule has 0 aromatic rings. The summed E-state index contributed by atoms with van der Waals surface area (Å²) in [7, 11) is 0. The fourth-order valence-corrected chi connectivity index (χ4v) is 0. The Morgan fingerprint density at radius 3 is 1.00 bits per heavy atom. The Morgan fingerprint density at radius 2 is 1.00 bits per heavy atom. The van der Waals surface area contributed by atoms with Crippen LogP contribution in [-0.4, -0.2) is 0 Å². The topological polar surface area (TPSA) is 57.0 Å². The van der Waals surface area contributed by atoms with Gasteiger partial charge in [0.05, 0.1) is 0 Å². The Labute approximate surface area is 48.7 Å². The Hall–Kier alpha value is 1.04. The Bertz CT molecular complexity index is 9.61. The van der Waals surface area contributed by atoms with Crippen LogP contribution in [0.1, 0.15) is 1.43 Å². The summed E-state index contributed by atoms with van der Waals surface area (Å²) < 4.78 is 0. The minimum atomic E-state index is 0. The largest absolute Gasteiger partial charge is 2.00 e. The summed E-state index contributed by atoms with van der Waals surface area (Å²) in [5.74, 6) is 0. The average molecular weight is 94.9 g/mol. The van der Waals surface area contributed by atoms with Crippen LogP contribution in [0.15, 0.2) is 0 Å². The van der Waals surface area contributed by atoms with E-state index in [2.05, 4.69) is 0 Å². The van der Waals surface area contributed by atoms with E-state index < -0.39 is 0 Å². The maximum Gasteiger partial charge on any atom is 2.00 e. The summed E-state index contributed by atoms with van der Waals surface area (Å²) in [4.78, 5) is 0. The van der Waals surface area contributed by atoms with Crippen molar-refractivity contribution in [2.45, 2.75) is 0 Å². The van der Waals surface area contributed by atoms with Crippen molar-refractivity contribution in [2.24, 2.45) is 0 Å². The van der Waals surface area contributed by atoms with Gasteiger partial charge in [-0.15, -0.1) is 0 Å². The van der Waals surface area contributed by atoms with Crippen LogP contribution in [0.2, 0.25) is 0 Å². The second-order valence-electron chi connectivity index (χ2n) is 0. The van der Waals surface area contributed by atoms with Gasteiger partial charge >= 0.3 is 37.4 Å². The predicted molar refractivity (Wildman–Crippen MR) is 2.49 cm³/mol. The van der Waals surface area contributed by atoms with E-state index in [-0.39, 0.29) is 48.3 Å². The second-order valence-corrected chi connectivity index (χ2v) is 0. The van der Waals surface area contributed by atoms with Crippen molar-refractivity contribution < 1.29 is 48.3 Å². The van der Waals surface area contributed by atoms with Crippen LogP contribution in [-0.2, 0) is 28.0 Å². The molecule has 2 nitrogen and oxygen atoms in total. The molecule has 1 radical (unpaired) electrons. The average Bonchev–Trinajstić information content (AvgIpc) is 0. The van der Waals surface area contributed by atoms with Crippen molar-refractivity contribution >= 4 is 0 Å². The van der Waals surface area contributed by atoms with Crippen LogP contribution in [0.5, 0.6) is 0 Å². The fourth-order valence-electron chi connectivity index (χ4n) is 0. The summed E-state index contributed by atoms with van der Waals surface area (Å²) in [6.07, 6.45) is 0. The molecule has 0 heterocycles. The maximum absolute atomic E-state index is 0. The molecule has 4 heavy (non-hydrogen) atoms. The molecule has 0 saturated heterocycles. The van der Waals surface area contributed by atoms with E-state index in [1.807, 2.05) is 0 Å². The summed E-state index contributed by atoms with van der Waals surface area (Å²) in [5, 5.41) is 0. The van der Waals surface area contributed by atoms with Gasteiger partial charge < -0.3 is 11.0 Å². The van der Waals surface area contributed by atoms with E-state index in [1.54, 1.807) is 0 Å². The molecule has 0 atom stereocenters. The Balaban J connectivity index is 0. The van der Waals surface area contributed by atoms with Gasteiger partial charge in [0.15, 0.2) is 0 Å². The van der Waals surface area contributed by atoms with Gasteiger partial charge in [0, 0.05) is 0 Å². The van der Waals surface area contributed by atoms with Crippen molar-refractivity contribution in [2.75, 3.05) is 0 Å². The minimum Gasteiger partial charge on any atom is -2.00 e. The Morgan fingerprint density at radius 1 is 1.00 bits per heavy atom. The molecule has 0 aromatic carbocycles. The summed E-state index contributed by atoms with van der Waals surface area (Å²) in [5.41, 5.74) is 0. The summed E-state index contributed by atoms with van der Waals surface area (Å²) in [6.45, 7) is 0. The number of hydrogen-bond donors (Lipinski definition) is 0. The van der Waals surface area contributed by atoms with Gasteiger partial charge in [-0.3, -0.25) is 0 Å². The quantitative estimate of drug-likeness (QED) is 0.286. The first-order valence-corrected chi connectivity index (χ1v) is 0. The summed E-state index contributed by atoms with van der Waals surface area (Å²) in [6, 6.07) is 0. The molecule has 0 aliphatic heterocycles. The molecule has 0 amide bonds. The molecule has 0 N–H and O–H groups in total. The molecule has 0 bridgehead atoms. The van der Waals surface area contributed by atoms with Gasteiger partial charge in [0.25, 0.3) is 0 Å². The monoisotopic (exact) mass is 95.0 g/mol. The van der Waals surface area contributed by atoms with Crippen LogP contribution >= 0.6 is 0 Å². The molecule has 0 unspecified atom stereocenters. The van der Waals surface area contributed by atoms with Gasteiger partial charge in [-0.05, 0) is 0 Å². The molecule has 4 heteroatoms. The van der Waals surface area contributed by atoms with Crippen molar-refractivity contribution in [3.8, 4) is 0 Å². The molecule has 0 aliphatic carbocycles. The van der Waals surface area contributed by atoms with Crippen LogP contribution in [0, 0.1) is 0 Å². The van der Waals surface area contributed by atoms with Crippen LogP contribution in [0.4, 0.5) is 0 Å². The van der Waals surface area contributed by atoms with Gasteiger partial charge in [-0.2, -0.15) is 0 Å². The zero-order chi connectivity index (χ0) is 0. The molecule has 0 aromatic heterocycles. The second kappa shape index (κ2) is 34.6. The molecule has 21 valence electrons. The first-order valence-electron chi connectivity index (χ1n) is 0. The summed E-state index contributed by atoms with van der Waals surface area (Å²) >= 11 is 0. The van der Waals surface area contributed by atoms with Crippen molar-refractivity contribution in [3.63, 3.8) is 0 Å². The zero-order valence-corrected chi connectivity index (χ0v) is 3.37. The molecular weight excluding hydrogens is 93.9 g/mol. The van der Waals surface area contributed by atoms with E-state index in [1.165, 1.54) is 0 Å². The van der Waals surface area contributed by atoms with E-state index in [4.69, 9.17) is 0 Å². The van der Waals surface area contributed by atoms with Gasteiger partial charge in [0.2, 0.25) is 0 Å². The number of hydrogen-bond acceptors (Lipinski definition) is 0. The SMILES string of the molecule is [H+].[Li+].[Mn+2].[O-2].[O-2]. The normalized spacial score (nSPS) is 0. The third kappa shape index (κ3) is 11.7. The fraction of sp³-hybridized carbons (Fsp3) is 0. The zero-order valence-electron chi connectivity index (χ0n) is 3.19. The van der Waals surface area contributed by atoms with Crippen LogP contribution in [0.3, 0.4) is 0 Å². The first-order chi connectivity index (χ1) is 0. The molecule has 0 aliphatic rings. The maximum atomic E-state index is 0. The van der Waals surface area contributed by atoms with E-state index >= 15 is 0 Å². The smallest absolute Gasteiger partial charge is 2.00 e. The Kier molecular flexibility index (Phi) is 661. The standard InChI is InChI=1S/Li.Mn.2O/q+1;+2;2*-2/p+1. The van der Waals surface area contributed by atoms with E-state index in [9.17, 15) is 0 Å². The molecule has 0 rings (SSSR count). The van der Waals surface area contributed by atoms with E-state index in [0.29, 0.717) is 0 Å². The van der Waals surface area contributed by atoms with Crippen LogP contribution in [0.25, 0.3) is 0 Å². The van der Waals surface area contributed by atoms with Gasteiger partial charge in [-0.25, -0.2) is 0 Å². The van der Waals surface area contributed by atoms with Crippen molar-refractivity contribution in [1.29, 1.82) is 0 Å². The van der Waals surface area contributed by atoms with E-state index in [0.717, 1.165) is 0 Å². The first kappa shape index (κ1) is 76.3. The minimum absolute atomic E-state index is 0. The predicted octanol–water partition coefficient (Wildman–Crippen LogP) is -3.12. The molecule has 0 fully saturated rings. The molecule has 0 spiro atoms. The van der Waals surface area contributed by atoms with Gasteiger partial charge in [-0.1, -0.05) is 0 Å². The molecule has 0 saturated carbocycles. The third-order valence-corrected chi connectivity index (χ3v) is 0. The van der Waals surface area contributed by atoms with Crippen molar-refractivity contribution in [1.82, 2.24) is 0 Å². The number of rotatable bonds is 0. The third-order valence-electron chi connectivity index (χ3n) is 0. The molecular formula is HLiMnO2. The van der Waals surface area contributed by atoms with Gasteiger partial charge in [0.1, 0.15) is 0 Å². The van der Waals surface area contributed by atoms with Crippen LogP contribution < -0.4 is 18.9 Å². The van der Waals surface area contributed by atoms with Crippen molar-refractivity contribution in [3.05, 3.63) is 0 Å².